The molecule has 0 saturated heterocycles. The summed E-state index contributed by atoms with van der Waals surface area (Å²) in [6.07, 6.45) is 2.41. The van der Waals surface area contributed by atoms with Crippen LogP contribution in [0.2, 0.25) is 0 Å². The van der Waals surface area contributed by atoms with Crippen LogP contribution in [0.1, 0.15) is 33.2 Å². The standard InChI is InChI=1S/C18H25N7O3S/c1-4-12(9-26)22-18-23-16(15-17(24-18)25(10-20-15)11(2)3)21-13-5-7-14(8-6-13)29(19,27)28/h5-8,10-12,26H,4,9H2,1-3H3,(H2,19,27,28)(H2,21,22,23,24)/t12-/m1/s1. The van der Waals surface area contributed by atoms with Crippen LogP contribution in [0.3, 0.4) is 0 Å². The summed E-state index contributed by atoms with van der Waals surface area (Å²) in [5.41, 5.74) is 1.85. The van der Waals surface area contributed by atoms with E-state index in [-0.39, 0.29) is 23.6 Å². The second-order valence-corrected chi connectivity index (χ2v) is 8.50. The van der Waals surface area contributed by atoms with Gasteiger partial charge in [-0.2, -0.15) is 9.97 Å². The minimum absolute atomic E-state index is 0.0241. The maximum Gasteiger partial charge on any atom is 0.238 e. The normalized spacial score (nSPS) is 13.0. The molecule has 0 amide bonds. The number of aromatic nitrogens is 4. The number of fused-ring (bicyclic) bond motifs is 1. The third kappa shape index (κ3) is 4.63. The molecule has 29 heavy (non-hydrogen) atoms. The highest BCUT2D eigenvalue weighted by molar-refractivity contribution is 7.89. The molecule has 10 nitrogen and oxygen atoms in total. The van der Waals surface area contributed by atoms with Crippen molar-refractivity contribution < 1.29 is 13.5 Å². The fourth-order valence-electron chi connectivity index (χ4n) is 2.77. The van der Waals surface area contributed by atoms with Crippen molar-refractivity contribution in [1.29, 1.82) is 0 Å². The average molecular weight is 420 g/mol. The maximum absolute atomic E-state index is 11.4. The minimum Gasteiger partial charge on any atom is -0.394 e. The van der Waals surface area contributed by atoms with Crippen molar-refractivity contribution >= 4 is 38.6 Å². The molecule has 2 heterocycles. The molecule has 3 aromatic rings. The van der Waals surface area contributed by atoms with E-state index in [1.54, 1.807) is 18.5 Å². The van der Waals surface area contributed by atoms with Gasteiger partial charge in [-0.3, -0.25) is 0 Å². The molecule has 0 aliphatic rings. The number of aliphatic hydroxyl groups is 1. The molecule has 0 unspecified atom stereocenters. The number of benzene rings is 1. The Balaban J connectivity index is 2.03. The zero-order chi connectivity index (χ0) is 21.2. The van der Waals surface area contributed by atoms with Crippen LogP contribution in [-0.2, 0) is 10.0 Å². The Kier molecular flexibility index (Phi) is 6.01. The summed E-state index contributed by atoms with van der Waals surface area (Å²) in [5.74, 6) is 0.831. The highest BCUT2D eigenvalue weighted by Gasteiger charge is 2.17. The Morgan fingerprint density at radius 1 is 1.21 bits per heavy atom. The zero-order valence-corrected chi connectivity index (χ0v) is 17.3. The van der Waals surface area contributed by atoms with Gasteiger partial charge >= 0.3 is 0 Å². The number of nitrogens with one attached hydrogen (secondary N) is 2. The number of primary sulfonamides is 1. The molecule has 0 spiro atoms. The van der Waals surface area contributed by atoms with Gasteiger partial charge in [-0.05, 0) is 44.5 Å². The molecule has 2 aromatic heterocycles. The highest BCUT2D eigenvalue weighted by atomic mass is 32.2. The van der Waals surface area contributed by atoms with Gasteiger partial charge in [0.15, 0.2) is 17.0 Å². The smallest absolute Gasteiger partial charge is 0.238 e. The van der Waals surface area contributed by atoms with Crippen LogP contribution in [0.15, 0.2) is 35.5 Å². The van der Waals surface area contributed by atoms with E-state index < -0.39 is 10.0 Å². The van der Waals surface area contributed by atoms with E-state index in [1.807, 2.05) is 25.3 Å². The molecular formula is C18H25N7O3S. The average Bonchev–Trinajstić information content (AvgIpc) is 3.10. The van der Waals surface area contributed by atoms with Gasteiger partial charge in [0.1, 0.15) is 0 Å². The molecule has 5 N–H and O–H groups in total. The highest BCUT2D eigenvalue weighted by Crippen LogP contribution is 2.26. The number of hydrogen-bond donors (Lipinski definition) is 4. The van der Waals surface area contributed by atoms with Gasteiger partial charge in [0.05, 0.1) is 23.9 Å². The Hall–Kier alpha value is -2.76. The molecule has 0 radical (unpaired) electrons. The van der Waals surface area contributed by atoms with Gasteiger partial charge < -0.3 is 20.3 Å². The minimum atomic E-state index is -3.76. The molecule has 0 fully saturated rings. The molecule has 0 bridgehead atoms. The molecule has 0 saturated carbocycles. The van der Waals surface area contributed by atoms with Crippen molar-refractivity contribution in [3.63, 3.8) is 0 Å². The summed E-state index contributed by atoms with van der Waals surface area (Å²) in [7, 11) is -3.76. The van der Waals surface area contributed by atoms with Gasteiger partial charge in [-0.15, -0.1) is 0 Å². The van der Waals surface area contributed by atoms with E-state index in [0.29, 0.717) is 35.0 Å². The Morgan fingerprint density at radius 2 is 1.90 bits per heavy atom. The summed E-state index contributed by atoms with van der Waals surface area (Å²) >= 11 is 0. The number of rotatable bonds is 8. The molecule has 0 aliphatic heterocycles. The lowest BCUT2D eigenvalue weighted by atomic mass is 10.2. The van der Waals surface area contributed by atoms with Crippen molar-refractivity contribution in [2.75, 3.05) is 17.2 Å². The van der Waals surface area contributed by atoms with E-state index in [2.05, 4.69) is 25.6 Å². The Morgan fingerprint density at radius 3 is 2.45 bits per heavy atom. The topological polar surface area (TPSA) is 148 Å². The summed E-state index contributed by atoms with van der Waals surface area (Å²) in [5, 5.41) is 20.9. The van der Waals surface area contributed by atoms with Gasteiger partial charge in [0.2, 0.25) is 16.0 Å². The van der Waals surface area contributed by atoms with Crippen LogP contribution in [0.25, 0.3) is 11.2 Å². The molecule has 1 atom stereocenters. The molecule has 11 heteroatoms. The summed E-state index contributed by atoms with van der Waals surface area (Å²) in [6.45, 7) is 5.96. The summed E-state index contributed by atoms with van der Waals surface area (Å²) in [6, 6.07) is 6.00. The van der Waals surface area contributed by atoms with E-state index in [0.717, 1.165) is 0 Å². The number of imidazole rings is 1. The SMILES string of the molecule is CC[C@H](CO)Nc1nc(Nc2ccc(S(N)(=O)=O)cc2)c2ncn(C(C)C)c2n1. The predicted molar refractivity (Wildman–Crippen MR) is 112 cm³/mol. The van der Waals surface area contributed by atoms with Crippen LogP contribution in [-0.4, -0.2) is 45.7 Å². The van der Waals surface area contributed by atoms with E-state index in [1.165, 1.54) is 12.1 Å². The van der Waals surface area contributed by atoms with Crippen molar-refractivity contribution in [2.45, 2.75) is 44.2 Å². The lowest BCUT2D eigenvalue weighted by Crippen LogP contribution is -2.24. The van der Waals surface area contributed by atoms with Crippen LogP contribution in [0.5, 0.6) is 0 Å². The maximum atomic E-state index is 11.4. The number of nitrogens with zero attached hydrogens (tertiary/aromatic N) is 4. The zero-order valence-electron chi connectivity index (χ0n) is 16.5. The Labute approximate surface area is 169 Å². The largest absolute Gasteiger partial charge is 0.394 e. The quantitative estimate of drug-likeness (QED) is 0.433. The van der Waals surface area contributed by atoms with Crippen LogP contribution in [0, 0.1) is 0 Å². The number of aliphatic hydroxyl groups excluding tert-OH is 1. The molecule has 156 valence electrons. The van der Waals surface area contributed by atoms with Crippen LogP contribution < -0.4 is 15.8 Å². The lowest BCUT2D eigenvalue weighted by Gasteiger charge is -2.16. The molecule has 0 aliphatic carbocycles. The fraction of sp³-hybridized carbons (Fsp3) is 0.389. The second kappa shape index (κ2) is 8.31. The van der Waals surface area contributed by atoms with E-state index in [9.17, 15) is 13.5 Å². The van der Waals surface area contributed by atoms with Gasteiger partial charge in [0, 0.05) is 11.7 Å². The van der Waals surface area contributed by atoms with Gasteiger partial charge in [-0.1, -0.05) is 6.92 Å². The first kappa shape index (κ1) is 21.0. The number of sulfonamides is 1. The fourth-order valence-corrected chi connectivity index (χ4v) is 3.29. The van der Waals surface area contributed by atoms with Gasteiger partial charge in [0.25, 0.3) is 0 Å². The molecular weight excluding hydrogens is 394 g/mol. The predicted octanol–water partition coefficient (Wildman–Crippen LogP) is 1.98. The van der Waals surface area contributed by atoms with Crippen molar-refractivity contribution in [3.05, 3.63) is 30.6 Å². The Bertz CT molecular complexity index is 1090. The third-order valence-electron chi connectivity index (χ3n) is 4.47. The first-order valence-corrected chi connectivity index (χ1v) is 10.8. The van der Waals surface area contributed by atoms with E-state index in [4.69, 9.17) is 5.14 Å². The number of anilines is 3. The second-order valence-electron chi connectivity index (χ2n) is 6.94. The summed E-state index contributed by atoms with van der Waals surface area (Å²) in [4.78, 5) is 13.5. The van der Waals surface area contributed by atoms with Crippen molar-refractivity contribution in [1.82, 2.24) is 19.5 Å². The van der Waals surface area contributed by atoms with Crippen molar-refractivity contribution in [3.8, 4) is 0 Å². The first-order valence-electron chi connectivity index (χ1n) is 9.24. The molecule has 3 rings (SSSR count). The first-order chi connectivity index (χ1) is 13.7. The van der Waals surface area contributed by atoms with Gasteiger partial charge in [-0.25, -0.2) is 18.5 Å². The lowest BCUT2D eigenvalue weighted by molar-refractivity contribution is 0.271. The van der Waals surface area contributed by atoms with Crippen LogP contribution >= 0.6 is 0 Å². The number of hydrogen-bond acceptors (Lipinski definition) is 8. The molecule has 1 aromatic carbocycles. The monoisotopic (exact) mass is 419 g/mol. The third-order valence-corrected chi connectivity index (χ3v) is 5.40. The van der Waals surface area contributed by atoms with Crippen molar-refractivity contribution in [2.24, 2.45) is 5.14 Å². The van der Waals surface area contributed by atoms with Crippen LogP contribution in [0.4, 0.5) is 17.5 Å². The van der Waals surface area contributed by atoms with E-state index >= 15 is 0 Å². The number of nitrogens with two attached hydrogens (primary N) is 1. The summed E-state index contributed by atoms with van der Waals surface area (Å²) < 4.78 is 24.8.